The zero-order valence-corrected chi connectivity index (χ0v) is 12.9. The van der Waals surface area contributed by atoms with Crippen LogP contribution in [0.25, 0.3) is 0 Å². The molecule has 0 aromatic heterocycles. The number of nitrogens with one attached hydrogen (secondary N) is 1. The van der Waals surface area contributed by atoms with Crippen molar-refractivity contribution in [2.24, 2.45) is 5.92 Å². The molecule has 2 N–H and O–H groups in total. The Hall–Kier alpha value is -1.91. The first-order chi connectivity index (χ1) is 10.7. The Kier molecular flexibility index (Phi) is 6.73. The van der Waals surface area contributed by atoms with Crippen LogP contribution in [0.5, 0.6) is 0 Å². The molecule has 0 heterocycles. The average Bonchev–Trinajstić information content (AvgIpc) is 3.32. The van der Waals surface area contributed by atoms with E-state index in [1.165, 1.54) is 18.9 Å². The maximum Gasteiger partial charge on any atom is 0.418 e. The van der Waals surface area contributed by atoms with Gasteiger partial charge in [0.05, 0.1) is 12.8 Å². The quantitative estimate of drug-likeness (QED) is 0.789. The van der Waals surface area contributed by atoms with Crippen LogP contribution in [0.15, 0.2) is 18.2 Å². The van der Waals surface area contributed by atoms with Crippen molar-refractivity contribution in [1.82, 2.24) is 0 Å². The summed E-state index contributed by atoms with van der Waals surface area (Å²) in [6.07, 6.45) is -1.03. The first-order valence-corrected chi connectivity index (χ1v) is 6.92. The standard InChI is InChI=1S/C10H9ClF3NO3.C5H6/c1-18-9(17)15-7-3-2-5(11)4-6(7)8(16)10(12,13)14;1-2-5-3-4-5/h2-4,8,16H,1H3,(H,15,17);1,5H,3-4H2/t8-;/m0./s1. The number of rotatable bonds is 2. The molecular weight excluding hydrogens is 335 g/mol. The summed E-state index contributed by atoms with van der Waals surface area (Å²) in [6.45, 7) is 0. The first-order valence-electron chi connectivity index (χ1n) is 6.54. The van der Waals surface area contributed by atoms with Crippen molar-refractivity contribution >= 4 is 23.4 Å². The van der Waals surface area contributed by atoms with Gasteiger partial charge in [0.25, 0.3) is 0 Å². The Morgan fingerprint density at radius 1 is 1.52 bits per heavy atom. The molecule has 1 aromatic carbocycles. The molecule has 1 fully saturated rings. The van der Waals surface area contributed by atoms with E-state index in [-0.39, 0.29) is 10.7 Å². The van der Waals surface area contributed by atoms with E-state index in [4.69, 9.17) is 18.0 Å². The van der Waals surface area contributed by atoms with Gasteiger partial charge in [-0.05, 0) is 31.0 Å². The van der Waals surface area contributed by atoms with Crippen molar-refractivity contribution in [1.29, 1.82) is 0 Å². The van der Waals surface area contributed by atoms with Crippen LogP contribution < -0.4 is 5.32 Å². The highest BCUT2D eigenvalue weighted by Crippen LogP contribution is 2.37. The summed E-state index contributed by atoms with van der Waals surface area (Å²) in [5.74, 6) is 3.30. The Morgan fingerprint density at radius 2 is 2.13 bits per heavy atom. The maximum atomic E-state index is 12.4. The number of anilines is 1. The molecule has 1 saturated carbocycles. The van der Waals surface area contributed by atoms with Crippen LogP contribution in [0.1, 0.15) is 24.5 Å². The molecule has 0 spiro atoms. The summed E-state index contributed by atoms with van der Waals surface area (Å²) in [5.41, 5.74) is -0.781. The maximum absolute atomic E-state index is 12.4. The van der Waals surface area contributed by atoms with E-state index in [9.17, 15) is 23.1 Å². The topological polar surface area (TPSA) is 58.6 Å². The number of halogens is 4. The van der Waals surface area contributed by atoms with Crippen LogP contribution in [-0.2, 0) is 4.74 Å². The van der Waals surface area contributed by atoms with Crippen molar-refractivity contribution in [2.45, 2.75) is 25.1 Å². The molecule has 0 radical (unpaired) electrons. The molecule has 1 aliphatic carbocycles. The predicted molar refractivity (Wildman–Crippen MR) is 80.1 cm³/mol. The summed E-state index contributed by atoms with van der Waals surface area (Å²) in [5, 5.41) is 11.2. The van der Waals surface area contributed by atoms with Gasteiger partial charge in [0.2, 0.25) is 0 Å². The minimum atomic E-state index is -4.86. The highest BCUT2D eigenvalue weighted by molar-refractivity contribution is 6.30. The highest BCUT2D eigenvalue weighted by atomic mass is 35.5. The molecule has 2 rings (SSSR count). The van der Waals surface area contributed by atoms with E-state index >= 15 is 0 Å². The van der Waals surface area contributed by atoms with E-state index in [1.54, 1.807) is 0 Å². The van der Waals surface area contributed by atoms with Gasteiger partial charge in [0.15, 0.2) is 6.10 Å². The van der Waals surface area contributed by atoms with Crippen LogP contribution in [-0.4, -0.2) is 24.5 Å². The number of carbonyl (C=O) groups excluding carboxylic acids is 1. The number of aliphatic hydroxyl groups excluding tert-OH is 1. The number of aliphatic hydroxyl groups is 1. The van der Waals surface area contributed by atoms with Gasteiger partial charge in [0, 0.05) is 16.5 Å². The Labute approximate surface area is 136 Å². The number of hydrogen-bond acceptors (Lipinski definition) is 3. The third-order valence-electron chi connectivity index (χ3n) is 2.85. The number of methoxy groups -OCH3 is 1. The van der Waals surface area contributed by atoms with E-state index in [0.717, 1.165) is 19.2 Å². The largest absolute Gasteiger partial charge is 0.453 e. The minimum absolute atomic E-state index is 0.00344. The molecule has 1 amide bonds. The fourth-order valence-corrected chi connectivity index (χ4v) is 1.64. The summed E-state index contributed by atoms with van der Waals surface area (Å²) in [4.78, 5) is 11.0. The molecule has 4 nitrogen and oxygen atoms in total. The van der Waals surface area contributed by atoms with E-state index in [1.807, 2.05) is 0 Å². The van der Waals surface area contributed by atoms with Gasteiger partial charge in [0.1, 0.15) is 0 Å². The molecule has 0 bridgehead atoms. The molecule has 1 aromatic rings. The van der Waals surface area contributed by atoms with Gasteiger partial charge in [-0.3, -0.25) is 5.32 Å². The van der Waals surface area contributed by atoms with Crippen molar-refractivity contribution < 1.29 is 27.8 Å². The van der Waals surface area contributed by atoms with Crippen molar-refractivity contribution in [3.8, 4) is 12.3 Å². The zero-order valence-electron chi connectivity index (χ0n) is 12.2. The van der Waals surface area contributed by atoms with Gasteiger partial charge in [-0.25, -0.2) is 4.79 Å². The number of amides is 1. The number of terminal acetylenes is 1. The first kappa shape index (κ1) is 19.1. The molecule has 1 atom stereocenters. The molecule has 126 valence electrons. The normalized spacial score (nSPS) is 14.8. The smallest absolute Gasteiger partial charge is 0.418 e. The predicted octanol–water partition coefficient (Wildman–Crippen LogP) is 4.14. The fourth-order valence-electron chi connectivity index (χ4n) is 1.46. The lowest BCUT2D eigenvalue weighted by atomic mass is 10.1. The molecule has 0 aliphatic heterocycles. The van der Waals surface area contributed by atoms with Crippen molar-refractivity contribution in [3.05, 3.63) is 28.8 Å². The van der Waals surface area contributed by atoms with Gasteiger partial charge >= 0.3 is 12.3 Å². The van der Waals surface area contributed by atoms with E-state index in [2.05, 4.69) is 16.0 Å². The lowest BCUT2D eigenvalue weighted by Gasteiger charge is -2.18. The highest BCUT2D eigenvalue weighted by Gasteiger charge is 2.40. The number of benzene rings is 1. The van der Waals surface area contributed by atoms with Crippen molar-refractivity contribution in [3.63, 3.8) is 0 Å². The lowest BCUT2D eigenvalue weighted by Crippen LogP contribution is -2.22. The Morgan fingerprint density at radius 3 is 2.52 bits per heavy atom. The number of alkyl halides is 3. The number of carbonyl (C=O) groups is 1. The van der Waals surface area contributed by atoms with Crippen LogP contribution in [0.3, 0.4) is 0 Å². The van der Waals surface area contributed by atoms with Crippen LogP contribution in [0.4, 0.5) is 23.7 Å². The third kappa shape index (κ3) is 6.38. The summed E-state index contributed by atoms with van der Waals surface area (Å²) in [7, 11) is 1.06. The molecular formula is C15H15ClF3NO3. The zero-order chi connectivity index (χ0) is 17.6. The second kappa shape index (κ2) is 8.09. The van der Waals surface area contributed by atoms with Crippen molar-refractivity contribution in [2.75, 3.05) is 12.4 Å². The minimum Gasteiger partial charge on any atom is -0.453 e. The number of ether oxygens (including phenoxy) is 1. The number of hydrogen-bond donors (Lipinski definition) is 2. The van der Waals surface area contributed by atoms with Gasteiger partial charge in [-0.2, -0.15) is 13.2 Å². The van der Waals surface area contributed by atoms with Crippen LogP contribution in [0.2, 0.25) is 5.02 Å². The monoisotopic (exact) mass is 349 g/mol. The molecule has 23 heavy (non-hydrogen) atoms. The van der Waals surface area contributed by atoms with E-state index in [0.29, 0.717) is 5.92 Å². The molecule has 0 unspecified atom stereocenters. The summed E-state index contributed by atoms with van der Waals surface area (Å²) in [6, 6.07) is 3.34. The molecule has 1 aliphatic rings. The van der Waals surface area contributed by atoms with E-state index < -0.39 is 23.9 Å². The van der Waals surface area contributed by atoms with Gasteiger partial charge in [-0.1, -0.05) is 11.6 Å². The Bertz CT molecular complexity index is 595. The average molecular weight is 350 g/mol. The molecule has 0 saturated heterocycles. The van der Waals surface area contributed by atoms with Crippen LogP contribution in [0, 0.1) is 18.3 Å². The summed E-state index contributed by atoms with van der Waals surface area (Å²) < 4.78 is 41.5. The summed E-state index contributed by atoms with van der Waals surface area (Å²) >= 11 is 5.56. The molecule has 8 heteroatoms. The SMILES string of the molecule is C#CC1CC1.COC(=O)Nc1ccc(Cl)cc1[C@H](O)C(F)(F)F. The van der Waals surface area contributed by atoms with Crippen LogP contribution >= 0.6 is 11.6 Å². The van der Waals surface area contributed by atoms with Gasteiger partial charge in [-0.15, -0.1) is 12.3 Å². The lowest BCUT2D eigenvalue weighted by molar-refractivity contribution is -0.206. The second-order valence-corrected chi connectivity index (χ2v) is 5.17. The third-order valence-corrected chi connectivity index (χ3v) is 3.09. The van der Waals surface area contributed by atoms with Gasteiger partial charge < -0.3 is 9.84 Å². The fraction of sp³-hybridized carbons (Fsp3) is 0.400. The Balaban J connectivity index is 0.000000446. The second-order valence-electron chi connectivity index (χ2n) is 4.73.